The van der Waals surface area contributed by atoms with Crippen LogP contribution in [0.4, 0.5) is 10.1 Å². The Balaban J connectivity index is 1.55. The summed E-state index contributed by atoms with van der Waals surface area (Å²) < 4.78 is 13.7. The van der Waals surface area contributed by atoms with Crippen molar-refractivity contribution in [1.29, 1.82) is 0 Å². The second kappa shape index (κ2) is 10.2. The van der Waals surface area contributed by atoms with Gasteiger partial charge in [0.1, 0.15) is 5.82 Å². The van der Waals surface area contributed by atoms with Crippen molar-refractivity contribution in [2.24, 2.45) is 0 Å². The molecule has 1 amide bonds. The normalized spacial score (nSPS) is 16.4. The number of aryl methyl sites for hydroxylation is 1. The maximum Gasteiger partial charge on any atom is 0.222 e. The average Bonchev–Trinajstić information content (AvgIpc) is 3.18. The highest BCUT2D eigenvalue weighted by molar-refractivity contribution is 5.77. The summed E-state index contributed by atoms with van der Waals surface area (Å²) in [5, 5.41) is 9.44. The number of amides is 1. The summed E-state index contributed by atoms with van der Waals surface area (Å²) in [6.45, 7) is 2.14. The van der Waals surface area contributed by atoms with Crippen LogP contribution in [0.1, 0.15) is 31.2 Å². The molecule has 1 atom stereocenters. The van der Waals surface area contributed by atoms with Gasteiger partial charge in [-0.05, 0) is 49.4 Å². The van der Waals surface area contributed by atoms with Crippen molar-refractivity contribution in [2.45, 2.75) is 38.1 Å². The Bertz CT molecular complexity index is 753. The van der Waals surface area contributed by atoms with Crippen molar-refractivity contribution in [3.63, 3.8) is 0 Å². The lowest BCUT2D eigenvalue weighted by Crippen LogP contribution is -2.44. The van der Waals surface area contributed by atoms with Crippen LogP contribution in [0, 0.1) is 5.82 Å². The van der Waals surface area contributed by atoms with Gasteiger partial charge in [-0.2, -0.15) is 0 Å². The minimum atomic E-state index is -0.198. The molecule has 4 nitrogen and oxygen atoms in total. The van der Waals surface area contributed by atoms with E-state index in [1.54, 1.807) is 12.1 Å². The van der Waals surface area contributed by atoms with Gasteiger partial charge in [0, 0.05) is 37.8 Å². The van der Waals surface area contributed by atoms with Gasteiger partial charge in [0.2, 0.25) is 5.91 Å². The van der Waals surface area contributed by atoms with E-state index in [0.717, 1.165) is 31.6 Å². The first-order chi connectivity index (χ1) is 13.7. The van der Waals surface area contributed by atoms with Crippen LogP contribution in [0.5, 0.6) is 0 Å². The highest BCUT2D eigenvalue weighted by Crippen LogP contribution is 2.23. The summed E-state index contributed by atoms with van der Waals surface area (Å²) in [4.78, 5) is 16.9. The van der Waals surface area contributed by atoms with Crippen LogP contribution in [0.25, 0.3) is 0 Å². The predicted molar refractivity (Wildman–Crippen MR) is 110 cm³/mol. The van der Waals surface area contributed by atoms with Gasteiger partial charge in [0.25, 0.3) is 0 Å². The van der Waals surface area contributed by atoms with Crippen LogP contribution >= 0.6 is 0 Å². The van der Waals surface area contributed by atoms with Crippen LogP contribution in [0.15, 0.2) is 54.6 Å². The van der Waals surface area contributed by atoms with Crippen LogP contribution in [-0.4, -0.2) is 48.2 Å². The molecule has 0 spiro atoms. The van der Waals surface area contributed by atoms with Crippen molar-refractivity contribution >= 4 is 11.6 Å². The number of benzene rings is 2. The highest BCUT2D eigenvalue weighted by Gasteiger charge is 2.29. The fourth-order valence-corrected chi connectivity index (χ4v) is 3.97. The number of aliphatic hydroxyl groups excluding tert-OH is 1. The largest absolute Gasteiger partial charge is 0.395 e. The van der Waals surface area contributed by atoms with Gasteiger partial charge >= 0.3 is 0 Å². The van der Waals surface area contributed by atoms with E-state index in [2.05, 4.69) is 4.90 Å². The monoisotopic (exact) mass is 384 g/mol. The topological polar surface area (TPSA) is 43.8 Å². The number of rotatable bonds is 9. The Hall–Kier alpha value is -2.40. The summed E-state index contributed by atoms with van der Waals surface area (Å²) in [5.41, 5.74) is 1.74. The van der Waals surface area contributed by atoms with Gasteiger partial charge in [-0.25, -0.2) is 4.39 Å². The van der Waals surface area contributed by atoms with E-state index < -0.39 is 0 Å². The first kappa shape index (κ1) is 20.3. The summed E-state index contributed by atoms with van der Waals surface area (Å²) in [6.07, 6.45) is 3.66. The quantitative estimate of drug-likeness (QED) is 0.718. The van der Waals surface area contributed by atoms with Crippen molar-refractivity contribution < 1.29 is 14.3 Å². The Morgan fingerprint density at radius 2 is 1.89 bits per heavy atom. The fourth-order valence-electron chi connectivity index (χ4n) is 3.97. The van der Waals surface area contributed by atoms with Gasteiger partial charge in [-0.15, -0.1) is 0 Å². The van der Waals surface area contributed by atoms with Gasteiger partial charge in [0.05, 0.1) is 6.61 Å². The molecule has 1 unspecified atom stereocenters. The third-order valence-corrected chi connectivity index (χ3v) is 5.41. The number of carbonyl (C=O) groups is 1. The minimum absolute atomic E-state index is 0.0815. The van der Waals surface area contributed by atoms with E-state index in [1.165, 1.54) is 6.07 Å². The molecule has 1 N–H and O–H groups in total. The van der Waals surface area contributed by atoms with E-state index in [0.29, 0.717) is 31.4 Å². The van der Waals surface area contributed by atoms with E-state index in [4.69, 9.17) is 0 Å². The van der Waals surface area contributed by atoms with Crippen molar-refractivity contribution in [3.05, 3.63) is 66.0 Å². The van der Waals surface area contributed by atoms with Crippen LogP contribution < -0.4 is 4.90 Å². The van der Waals surface area contributed by atoms with E-state index in [-0.39, 0.29) is 24.4 Å². The summed E-state index contributed by atoms with van der Waals surface area (Å²) >= 11 is 0. The maximum absolute atomic E-state index is 13.7. The number of nitrogens with zero attached hydrogens (tertiary/aromatic N) is 2. The number of hydrogen-bond donors (Lipinski definition) is 1. The number of carbonyl (C=O) groups excluding carboxylic acids is 1. The molecule has 3 rings (SSSR count). The third kappa shape index (κ3) is 5.32. The molecule has 0 saturated carbocycles. The van der Waals surface area contributed by atoms with Crippen molar-refractivity contribution in [3.8, 4) is 0 Å². The molecule has 0 radical (unpaired) electrons. The fraction of sp³-hybridized carbons (Fsp3) is 0.435. The van der Waals surface area contributed by atoms with Gasteiger partial charge in [-0.3, -0.25) is 4.79 Å². The molecule has 1 saturated heterocycles. The number of hydrogen-bond acceptors (Lipinski definition) is 3. The first-order valence-corrected chi connectivity index (χ1v) is 10.1. The molecule has 0 aliphatic carbocycles. The lowest BCUT2D eigenvalue weighted by atomic mass is 10.1. The molecule has 0 bridgehead atoms. The number of anilines is 1. The smallest absolute Gasteiger partial charge is 0.222 e. The number of para-hydroxylation sites is 1. The van der Waals surface area contributed by atoms with E-state index >= 15 is 0 Å². The molecule has 28 heavy (non-hydrogen) atoms. The van der Waals surface area contributed by atoms with Crippen LogP contribution in [-0.2, 0) is 11.2 Å². The second-order valence-electron chi connectivity index (χ2n) is 7.33. The zero-order valence-electron chi connectivity index (χ0n) is 16.3. The summed E-state index contributed by atoms with van der Waals surface area (Å²) in [7, 11) is 0. The van der Waals surface area contributed by atoms with Gasteiger partial charge in [-0.1, -0.05) is 36.4 Å². The lowest BCUT2D eigenvalue weighted by molar-refractivity contribution is -0.131. The standard InChI is InChI=1S/C23H29FN2O2/c24-22-13-5-4-8-19(22)9-6-14-23(28)26-15-7-12-21(26)18-25(16-17-27)20-10-2-1-3-11-20/h1-5,8,10-11,13,21,27H,6-7,9,12,14-18H2. The predicted octanol–water partition coefficient (Wildman–Crippen LogP) is 3.64. The SMILES string of the molecule is O=C(CCCc1ccccc1F)N1CCCC1CN(CCO)c1ccccc1. The van der Waals surface area contributed by atoms with Crippen molar-refractivity contribution in [1.82, 2.24) is 4.90 Å². The molecule has 2 aromatic rings. The lowest BCUT2D eigenvalue weighted by Gasteiger charge is -2.32. The number of halogens is 1. The molecule has 1 fully saturated rings. The molecule has 1 aliphatic heterocycles. The molecule has 1 heterocycles. The van der Waals surface area contributed by atoms with E-state index in [1.807, 2.05) is 41.3 Å². The third-order valence-electron chi connectivity index (χ3n) is 5.41. The molecular weight excluding hydrogens is 355 g/mol. The van der Waals surface area contributed by atoms with Crippen LogP contribution in [0.3, 0.4) is 0 Å². The molecule has 5 heteroatoms. The molecule has 150 valence electrons. The molecule has 1 aliphatic rings. The van der Waals surface area contributed by atoms with Gasteiger partial charge in [0.15, 0.2) is 0 Å². The average molecular weight is 384 g/mol. The number of aliphatic hydroxyl groups is 1. The van der Waals surface area contributed by atoms with Crippen LogP contribution in [0.2, 0.25) is 0 Å². The van der Waals surface area contributed by atoms with E-state index in [9.17, 15) is 14.3 Å². The second-order valence-corrected chi connectivity index (χ2v) is 7.33. The van der Waals surface area contributed by atoms with Crippen molar-refractivity contribution in [2.75, 3.05) is 31.1 Å². The summed E-state index contributed by atoms with van der Waals surface area (Å²) in [6, 6.07) is 16.9. The molecular formula is C23H29FN2O2. The highest BCUT2D eigenvalue weighted by atomic mass is 19.1. The molecule has 2 aromatic carbocycles. The Kier molecular flexibility index (Phi) is 7.43. The summed E-state index contributed by atoms with van der Waals surface area (Å²) in [5.74, 6) is -0.0487. The Morgan fingerprint density at radius 1 is 1.14 bits per heavy atom. The maximum atomic E-state index is 13.7. The minimum Gasteiger partial charge on any atom is -0.395 e. The zero-order valence-corrected chi connectivity index (χ0v) is 16.3. The number of likely N-dealkylation sites (tertiary alicyclic amines) is 1. The first-order valence-electron chi connectivity index (χ1n) is 10.1. The van der Waals surface area contributed by atoms with Gasteiger partial charge < -0.3 is 14.9 Å². The Morgan fingerprint density at radius 3 is 2.64 bits per heavy atom. The Labute approximate surface area is 166 Å². The molecule has 0 aromatic heterocycles. The zero-order chi connectivity index (χ0) is 19.8.